The molecular formula is C9H10N4O3. The summed E-state index contributed by atoms with van der Waals surface area (Å²) in [5.74, 6) is -1.75. The Morgan fingerprint density at radius 3 is 2.94 bits per heavy atom. The van der Waals surface area contributed by atoms with Gasteiger partial charge in [-0.1, -0.05) is 0 Å². The highest BCUT2D eigenvalue weighted by molar-refractivity contribution is 6.37. The van der Waals surface area contributed by atoms with Crippen molar-refractivity contribution in [1.29, 1.82) is 5.26 Å². The second-order valence-electron chi connectivity index (χ2n) is 2.82. The van der Waals surface area contributed by atoms with Crippen molar-refractivity contribution < 1.29 is 14.3 Å². The third-order valence-electron chi connectivity index (χ3n) is 1.75. The number of ether oxygens (including phenoxy) is 1. The minimum atomic E-state index is -0.993. The van der Waals surface area contributed by atoms with Crippen molar-refractivity contribution in [2.24, 2.45) is 7.05 Å². The molecule has 7 nitrogen and oxygen atoms in total. The first kappa shape index (κ1) is 11.7. The van der Waals surface area contributed by atoms with Crippen LogP contribution in [0.1, 0.15) is 12.5 Å². The normalized spacial score (nSPS) is 9.31. The molecule has 0 unspecified atom stereocenters. The van der Waals surface area contributed by atoms with Gasteiger partial charge in [-0.25, -0.2) is 4.79 Å². The summed E-state index contributed by atoms with van der Waals surface area (Å²) in [6.07, 6.45) is 1.29. The van der Waals surface area contributed by atoms with Gasteiger partial charge in [0.05, 0.1) is 12.8 Å². The molecule has 1 aromatic rings. The average Bonchev–Trinajstić information content (AvgIpc) is 2.60. The fourth-order valence-corrected chi connectivity index (χ4v) is 1.02. The maximum atomic E-state index is 11.3. The standard InChI is InChI=1S/C9H10N4O3/c1-3-16-9(15)8(14)12-7-6(4-10)5-11-13(7)2/h5H,3H2,1-2H3,(H,12,14). The van der Waals surface area contributed by atoms with E-state index in [1.807, 2.05) is 6.07 Å². The van der Waals surface area contributed by atoms with Crippen LogP contribution in [0.2, 0.25) is 0 Å². The maximum Gasteiger partial charge on any atom is 0.397 e. The van der Waals surface area contributed by atoms with Crippen molar-refractivity contribution in [3.8, 4) is 6.07 Å². The number of aryl methyl sites for hydroxylation is 1. The number of nitrogens with zero attached hydrogens (tertiary/aromatic N) is 3. The van der Waals surface area contributed by atoms with Gasteiger partial charge in [-0.2, -0.15) is 10.4 Å². The van der Waals surface area contributed by atoms with Crippen LogP contribution in [0, 0.1) is 11.3 Å². The second-order valence-corrected chi connectivity index (χ2v) is 2.82. The van der Waals surface area contributed by atoms with Gasteiger partial charge in [0, 0.05) is 7.05 Å². The molecule has 7 heteroatoms. The zero-order valence-corrected chi connectivity index (χ0v) is 8.85. The van der Waals surface area contributed by atoms with Crippen molar-refractivity contribution in [2.75, 3.05) is 11.9 Å². The van der Waals surface area contributed by atoms with Crippen LogP contribution in [0.25, 0.3) is 0 Å². The summed E-state index contributed by atoms with van der Waals surface area (Å²) in [7, 11) is 1.54. The number of carbonyl (C=O) groups excluding carboxylic acids is 2. The van der Waals surface area contributed by atoms with E-state index in [2.05, 4.69) is 15.2 Å². The van der Waals surface area contributed by atoms with E-state index < -0.39 is 11.9 Å². The molecule has 0 radical (unpaired) electrons. The number of aromatic nitrogens is 2. The largest absolute Gasteiger partial charge is 0.459 e. The van der Waals surface area contributed by atoms with Crippen LogP contribution >= 0.6 is 0 Å². The molecule has 0 saturated heterocycles. The lowest BCUT2D eigenvalue weighted by Crippen LogP contribution is -2.26. The van der Waals surface area contributed by atoms with Gasteiger partial charge >= 0.3 is 11.9 Å². The van der Waals surface area contributed by atoms with Gasteiger partial charge in [0.25, 0.3) is 0 Å². The molecule has 1 N–H and O–H groups in total. The van der Waals surface area contributed by atoms with E-state index in [0.29, 0.717) is 0 Å². The lowest BCUT2D eigenvalue weighted by atomic mass is 10.3. The summed E-state index contributed by atoms with van der Waals surface area (Å²) in [5, 5.41) is 14.7. The van der Waals surface area contributed by atoms with E-state index in [0.717, 1.165) is 0 Å². The Labute approximate surface area is 91.6 Å². The SMILES string of the molecule is CCOC(=O)C(=O)Nc1c(C#N)cnn1C. The van der Waals surface area contributed by atoms with Crippen LogP contribution in [0.15, 0.2) is 6.20 Å². The first-order valence-corrected chi connectivity index (χ1v) is 4.50. The van der Waals surface area contributed by atoms with Gasteiger partial charge in [0.15, 0.2) is 0 Å². The quantitative estimate of drug-likeness (QED) is 0.551. The molecule has 1 heterocycles. The summed E-state index contributed by atoms with van der Waals surface area (Å²) >= 11 is 0. The Bertz CT molecular complexity index is 458. The summed E-state index contributed by atoms with van der Waals surface area (Å²) in [6, 6.07) is 1.84. The zero-order valence-electron chi connectivity index (χ0n) is 8.85. The van der Waals surface area contributed by atoms with Crippen LogP contribution in [0.5, 0.6) is 0 Å². The Kier molecular flexibility index (Phi) is 3.61. The third-order valence-corrected chi connectivity index (χ3v) is 1.75. The van der Waals surface area contributed by atoms with Crippen molar-refractivity contribution >= 4 is 17.7 Å². The Morgan fingerprint density at radius 1 is 1.69 bits per heavy atom. The second kappa shape index (κ2) is 4.93. The van der Waals surface area contributed by atoms with Crippen molar-refractivity contribution in [2.45, 2.75) is 6.92 Å². The summed E-state index contributed by atoms with van der Waals surface area (Å²) in [5.41, 5.74) is 0.181. The number of anilines is 1. The lowest BCUT2D eigenvalue weighted by Gasteiger charge is -2.04. The van der Waals surface area contributed by atoms with Gasteiger partial charge in [0.2, 0.25) is 0 Å². The van der Waals surface area contributed by atoms with E-state index in [9.17, 15) is 9.59 Å². The molecule has 0 aromatic carbocycles. The fourth-order valence-electron chi connectivity index (χ4n) is 1.02. The predicted octanol–water partition coefficient (Wildman–Crippen LogP) is -0.207. The van der Waals surface area contributed by atoms with Crippen LogP contribution < -0.4 is 5.32 Å². The maximum absolute atomic E-state index is 11.3. The molecular weight excluding hydrogens is 212 g/mol. The highest BCUT2D eigenvalue weighted by Crippen LogP contribution is 2.12. The summed E-state index contributed by atoms with van der Waals surface area (Å²) in [4.78, 5) is 22.3. The molecule has 0 saturated carbocycles. The van der Waals surface area contributed by atoms with Crippen LogP contribution in [0.4, 0.5) is 5.82 Å². The average molecular weight is 222 g/mol. The molecule has 1 rings (SSSR count). The first-order chi connectivity index (χ1) is 7.60. The van der Waals surface area contributed by atoms with Gasteiger partial charge in [-0.3, -0.25) is 14.8 Å². The number of nitrogens with one attached hydrogen (secondary N) is 1. The van der Waals surface area contributed by atoms with E-state index in [1.54, 1.807) is 14.0 Å². The smallest absolute Gasteiger partial charge is 0.397 e. The minimum Gasteiger partial charge on any atom is -0.459 e. The highest BCUT2D eigenvalue weighted by Gasteiger charge is 2.18. The highest BCUT2D eigenvalue weighted by atomic mass is 16.5. The van der Waals surface area contributed by atoms with E-state index in [-0.39, 0.29) is 18.0 Å². The number of hydrogen-bond acceptors (Lipinski definition) is 5. The van der Waals surface area contributed by atoms with Gasteiger partial charge in [-0.05, 0) is 6.92 Å². The number of hydrogen-bond donors (Lipinski definition) is 1. The molecule has 0 aliphatic rings. The Balaban J connectivity index is 2.81. The Hall–Kier alpha value is -2.36. The molecule has 0 fully saturated rings. The van der Waals surface area contributed by atoms with E-state index in [4.69, 9.17) is 5.26 Å². The van der Waals surface area contributed by atoms with E-state index >= 15 is 0 Å². The topological polar surface area (TPSA) is 97.0 Å². The molecule has 0 aliphatic heterocycles. The number of rotatable bonds is 2. The predicted molar refractivity (Wildman–Crippen MR) is 53.2 cm³/mol. The van der Waals surface area contributed by atoms with Crippen LogP contribution in [-0.2, 0) is 21.4 Å². The molecule has 84 valence electrons. The third kappa shape index (κ3) is 2.36. The van der Waals surface area contributed by atoms with Crippen molar-refractivity contribution in [3.05, 3.63) is 11.8 Å². The fraction of sp³-hybridized carbons (Fsp3) is 0.333. The number of carbonyl (C=O) groups is 2. The first-order valence-electron chi connectivity index (χ1n) is 4.50. The molecule has 1 aromatic heterocycles. The van der Waals surface area contributed by atoms with Crippen LogP contribution in [-0.4, -0.2) is 28.3 Å². The zero-order chi connectivity index (χ0) is 12.1. The Morgan fingerprint density at radius 2 is 2.38 bits per heavy atom. The lowest BCUT2D eigenvalue weighted by molar-refractivity contribution is -0.152. The number of esters is 1. The van der Waals surface area contributed by atoms with Gasteiger partial charge < -0.3 is 4.74 Å². The summed E-state index contributed by atoms with van der Waals surface area (Å²) < 4.78 is 5.79. The minimum absolute atomic E-state index is 0.114. The molecule has 0 atom stereocenters. The molecule has 0 spiro atoms. The van der Waals surface area contributed by atoms with E-state index in [1.165, 1.54) is 10.9 Å². The van der Waals surface area contributed by atoms with Crippen LogP contribution in [0.3, 0.4) is 0 Å². The summed E-state index contributed by atoms with van der Waals surface area (Å²) in [6.45, 7) is 1.71. The monoisotopic (exact) mass is 222 g/mol. The molecule has 0 bridgehead atoms. The van der Waals surface area contributed by atoms with Crippen molar-refractivity contribution in [3.63, 3.8) is 0 Å². The number of amides is 1. The van der Waals surface area contributed by atoms with Crippen molar-refractivity contribution in [1.82, 2.24) is 9.78 Å². The molecule has 0 aliphatic carbocycles. The number of nitriles is 1. The van der Waals surface area contributed by atoms with Gasteiger partial charge in [0.1, 0.15) is 17.5 Å². The molecule has 16 heavy (non-hydrogen) atoms. The van der Waals surface area contributed by atoms with Gasteiger partial charge in [-0.15, -0.1) is 0 Å². The molecule has 1 amide bonds.